The fraction of sp³-hybridized carbons (Fsp3) is 0.333. The number of hydrogen-bond acceptors (Lipinski definition) is 5. The Morgan fingerprint density at radius 1 is 1.07 bits per heavy atom. The van der Waals surface area contributed by atoms with Crippen molar-refractivity contribution < 1.29 is 22.7 Å². The third kappa shape index (κ3) is 5.38. The van der Waals surface area contributed by atoms with Gasteiger partial charge >= 0.3 is 5.97 Å². The molecule has 0 saturated carbocycles. The number of benzene rings is 2. The minimum Gasteiger partial charge on any atom is -0.452 e. The second-order valence-corrected chi connectivity index (χ2v) is 9.41. The molecule has 160 valence electrons. The van der Waals surface area contributed by atoms with Gasteiger partial charge in [-0.25, -0.2) is 13.2 Å². The van der Waals surface area contributed by atoms with E-state index in [9.17, 15) is 18.0 Å². The van der Waals surface area contributed by atoms with Gasteiger partial charge < -0.3 is 10.1 Å². The first-order valence-electron chi connectivity index (χ1n) is 9.61. The Kier molecular flexibility index (Phi) is 7.12. The first-order valence-corrected chi connectivity index (χ1v) is 11.4. The largest absolute Gasteiger partial charge is 0.452 e. The SMILES string of the molecule is Cc1ccc(NC(=O)COC(=O)c2ccc(Cl)c(S(=O)(=O)N3CCCCC3)c2)cc1. The van der Waals surface area contributed by atoms with Crippen molar-refractivity contribution in [3.8, 4) is 0 Å². The van der Waals surface area contributed by atoms with Gasteiger partial charge in [0, 0.05) is 18.8 Å². The summed E-state index contributed by atoms with van der Waals surface area (Å²) in [5, 5.41) is 2.66. The zero-order valence-corrected chi connectivity index (χ0v) is 18.1. The van der Waals surface area contributed by atoms with Gasteiger partial charge in [0.05, 0.1) is 10.6 Å². The van der Waals surface area contributed by atoms with E-state index in [4.69, 9.17) is 16.3 Å². The maximum atomic E-state index is 12.9. The predicted octanol–water partition coefficient (Wildman–Crippen LogP) is 3.62. The number of carbonyl (C=O) groups is 2. The number of nitrogens with zero attached hydrogens (tertiary/aromatic N) is 1. The molecule has 2 aromatic carbocycles. The topological polar surface area (TPSA) is 92.8 Å². The number of nitrogens with one attached hydrogen (secondary N) is 1. The van der Waals surface area contributed by atoms with Crippen LogP contribution in [0, 0.1) is 6.92 Å². The molecule has 9 heteroatoms. The highest BCUT2D eigenvalue weighted by molar-refractivity contribution is 7.89. The molecule has 0 aliphatic carbocycles. The van der Waals surface area contributed by atoms with Gasteiger partial charge in [-0.05, 0) is 50.1 Å². The third-order valence-electron chi connectivity index (χ3n) is 4.77. The lowest BCUT2D eigenvalue weighted by Gasteiger charge is -2.26. The Morgan fingerprint density at radius 3 is 2.40 bits per heavy atom. The van der Waals surface area contributed by atoms with Crippen LogP contribution in [0.4, 0.5) is 5.69 Å². The van der Waals surface area contributed by atoms with Crippen molar-refractivity contribution in [1.82, 2.24) is 4.31 Å². The standard InChI is InChI=1S/C21H23ClN2O5S/c1-15-5-8-17(9-6-15)23-20(25)14-29-21(26)16-7-10-18(22)19(13-16)30(27,28)24-11-3-2-4-12-24/h5-10,13H,2-4,11-12,14H2,1H3,(H,23,25). The van der Waals surface area contributed by atoms with Crippen LogP contribution in [0.5, 0.6) is 0 Å². The van der Waals surface area contributed by atoms with Gasteiger partial charge in [-0.1, -0.05) is 35.7 Å². The predicted molar refractivity (Wildman–Crippen MR) is 114 cm³/mol. The summed E-state index contributed by atoms with van der Waals surface area (Å²) in [5.41, 5.74) is 1.65. The van der Waals surface area contributed by atoms with Crippen molar-refractivity contribution in [2.24, 2.45) is 0 Å². The number of carbonyl (C=O) groups excluding carboxylic acids is 2. The molecule has 1 saturated heterocycles. The first-order chi connectivity index (χ1) is 14.3. The van der Waals surface area contributed by atoms with E-state index in [0.29, 0.717) is 18.8 Å². The lowest BCUT2D eigenvalue weighted by Crippen LogP contribution is -2.35. The molecule has 0 spiro atoms. The molecule has 2 aromatic rings. The van der Waals surface area contributed by atoms with Crippen molar-refractivity contribution in [3.63, 3.8) is 0 Å². The van der Waals surface area contributed by atoms with E-state index in [2.05, 4.69) is 5.32 Å². The van der Waals surface area contributed by atoms with Gasteiger partial charge in [-0.3, -0.25) is 4.79 Å². The van der Waals surface area contributed by atoms with E-state index >= 15 is 0 Å². The maximum Gasteiger partial charge on any atom is 0.338 e. The molecule has 1 aliphatic heterocycles. The molecule has 1 fully saturated rings. The maximum absolute atomic E-state index is 12.9. The number of anilines is 1. The molecule has 0 bridgehead atoms. The van der Waals surface area contributed by atoms with Crippen LogP contribution in [-0.2, 0) is 19.6 Å². The van der Waals surface area contributed by atoms with Crippen molar-refractivity contribution in [1.29, 1.82) is 0 Å². The molecular formula is C21H23ClN2O5S. The summed E-state index contributed by atoms with van der Waals surface area (Å²) in [6.07, 6.45) is 2.56. The molecule has 0 atom stereocenters. The highest BCUT2D eigenvalue weighted by Gasteiger charge is 2.29. The zero-order valence-electron chi connectivity index (χ0n) is 16.6. The van der Waals surface area contributed by atoms with Crippen molar-refractivity contribution >= 4 is 39.2 Å². The van der Waals surface area contributed by atoms with Gasteiger partial charge in [0.15, 0.2) is 6.61 Å². The summed E-state index contributed by atoms with van der Waals surface area (Å²) < 4.78 is 32.2. The van der Waals surface area contributed by atoms with Crippen LogP contribution in [0.3, 0.4) is 0 Å². The molecule has 3 rings (SSSR count). The number of esters is 1. The number of aryl methyl sites for hydroxylation is 1. The average Bonchev–Trinajstić information content (AvgIpc) is 2.74. The smallest absolute Gasteiger partial charge is 0.338 e. The van der Waals surface area contributed by atoms with Crippen LogP contribution in [0.2, 0.25) is 5.02 Å². The Labute approximate surface area is 181 Å². The van der Waals surface area contributed by atoms with E-state index in [1.165, 1.54) is 22.5 Å². The minimum atomic E-state index is -3.81. The molecule has 1 heterocycles. The van der Waals surface area contributed by atoms with Gasteiger partial charge in [0.2, 0.25) is 10.0 Å². The van der Waals surface area contributed by atoms with Gasteiger partial charge in [-0.15, -0.1) is 0 Å². The quantitative estimate of drug-likeness (QED) is 0.678. The van der Waals surface area contributed by atoms with Crippen LogP contribution >= 0.6 is 11.6 Å². The Balaban J connectivity index is 1.67. The Morgan fingerprint density at radius 2 is 1.73 bits per heavy atom. The van der Waals surface area contributed by atoms with Gasteiger partial charge in [0.25, 0.3) is 5.91 Å². The normalized spacial score (nSPS) is 14.9. The fourth-order valence-electron chi connectivity index (χ4n) is 3.12. The van der Waals surface area contributed by atoms with Crippen LogP contribution in [0.25, 0.3) is 0 Å². The van der Waals surface area contributed by atoms with Crippen LogP contribution in [0.1, 0.15) is 35.2 Å². The zero-order chi connectivity index (χ0) is 21.7. The molecule has 7 nitrogen and oxygen atoms in total. The van der Waals surface area contributed by atoms with Crippen molar-refractivity contribution in [2.45, 2.75) is 31.1 Å². The summed E-state index contributed by atoms with van der Waals surface area (Å²) in [5.74, 6) is -1.30. The van der Waals surface area contributed by atoms with E-state index in [1.807, 2.05) is 19.1 Å². The molecular weight excluding hydrogens is 428 g/mol. The monoisotopic (exact) mass is 450 g/mol. The van der Waals surface area contributed by atoms with E-state index in [-0.39, 0.29) is 15.5 Å². The van der Waals surface area contributed by atoms with Crippen molar-refractivity contribution in [2.75, 3.05) is 25.0 Å². The fourth-order valence-corrected chi connectivity index (χ4v) is 5.14. The van der Waals surface area contributed by atoms with Gasteiger partial charge in [-0.2, -0.15) is 4.31 Å². The first kappa shape index (κ1) is 22.3. The number of sulfonamides is 1. The summed E-state index contributed by atoms with van der Waals surface area (Å²) in [6.45, 7) is 2.28. The molecule has 0 aromatic heterocycles. The molecule has 0 unspecified atom stereocenters. The van der Waals surface area contributed by atoms with E-state index in [1.54, 1.807) is 12.1 Å². The van der Waals surface area contributed by atoms with Crippen LogP contribution < -0.4 is 5.32 Å². The summed E-state index contributed by atoms with van der Waals surface area (Å²) in [4.78, 5) is 24.2. The third-order valence-corrected chi connectivity index (χ3v) is 7.15. The molecule has 30 heavy (non-hydrogen) atoms. The highest BCUT2D eigenvalue weighted by Crippen LogP contribution is 2.28. The second-order valence-electron chi connectivity index (χ2n) is 7.10. The molecule has 0 radical (unpaired) electrons. The Bertz CT molecular complexity index is 1030. The summed E-state index contributed by atoms with van der Waals surface area (Å²) in [7, 11) is -3.81. The van der Waals surface area contributed by atoms with E-state index in [0.717, 1.165) is 24.8 Å². The minimum absolute atomic E-state index is 0.0121. The molecule has 1 aliphatic rings. The van der Waals surface area contributed by atoms with Crippen molar-refractivity contribution in [3.05, 3.63) is 58.6 Å². The van der Waals surface area contributed by atoms with Gasteiger partial charge in [0.1, 0.15) is 4.90 Å². The molecule has 1 N–H and O–H groups in total. The number of hydrogen-bond donors (Lipinski definition) is 1. The second kappa shape index (κ2) is 9.59. The lowest BCUT2D eigenvalue weighted by molar-refractivity contribution is -0.119. The number of halogens is 1. The highest BCUT2D eigenvalue weighted by atomic mass is 35.5. The number of amides is 1. The summed E-state index contributed by atoms with van der Waals surface area (Å²) in [6, 6.07) is 11.1. The summed E-state index contributed by atoms with van der Waals surface area (Å²) >= 11 is 6.11. The lowest BCUT2D eigenvalue weighted by atomic mass is 10.2. The van der Waals surface area contributed by atoms with Crippen LogP contribution in [0.15, 0.2) is 47.4 Å². The van der Waals surface area contributed by atoms with Crippen LogP contribution in [-0.4, -0.2) is 44.3 Å². The Hall–Kier alpha value is -2.42. The average molecular weight is 451 g/mol. The number of piperidine rings is 1. The molecule has 1 amide bonds. The number of ether oxygens (including phenoxy) is 1. The van der Waals surface area contributed by atoms with E-state index < -0.39 is 28.5 Å². The number of rotatable bonds is 6.